The van der Waals surface area contributed by atoms with Crippen molar-refractivity contribution in [2.75, 3.05) is 13.1 Å². The number of hydrogen-bond donors (Lipinski definition) is 1. The van der Waals surface area contributed by atoms with E-state index in [-0.39, 0.29) is 5.69 Å². The SMILES string of the molecule is CC1(C)CN(Cc2ccc(C(=O)O)nc2)C1. The summed E-state index contributed by atoms with van der Waals surface area (Å²) in [6.45, 7) is 7.53. The summed E-state index contributed by atoms with van der Waals surface area (Å²) in [6.07, 6.45) is 1.65. The van der Waals surface area contributed by atoms with Crippen molar-refractivity contribution in [3.05, 3.63) is 29.6 Å². The first-order chi connectivity index (χ1) is 7.46. The van der Waals surface area contributed by atoms with E-state index in [1.165, 1.54) is 0 Å². The molecule has 0 amide bonds. The van der Waals surface area contributed by atoms with Crippen LogP contribution >= 0.6 is 0 Å². The van der Waals surface area contributed by atoms with Crippen molar-refractivity contribution in [3.8, 4) is 0 Å². The first-order valence-corrected chi connectivity index (χ1v) is 5.37. The van der Waals surface area contributed by atoms with Crippen LogP contribution in [0.2, 0.25) is 0 Å². The zero-order valence-corrected chi connectivity index (χ0v) is 9.60. The van der Waals surface area contributed by atoms with E-state index < -0.39 is 5.97 Å². The molecule has 0 radical (unpaired) electrons. The average molecular weight is 220 g/mol. The van der Waals surface area contributed by atoms with Gasteiger partial charge in [-0.25, -0.2) is 9.78 Å². The fraction of sp³-hybridized carbons (Fsp3) is 0.500. The van der Waals surface area contributed by atoms with Crippen LogP contribution in [0.25, 0.3) is 0 Å². The van der Waals surface area contributed by atoms with Gasteiger partial charge in [0, 0.05) is 25.8 Å². The molecule has 2 rings (SSSR count). The molecule has 4 nitrogen and oxygen atoms in total. The number of nitrogens with zero attached hydrogens (tertiary/aromatic N) is 2. The minimum absolute atomic E-state index is 0.104. The third-order valence-corrected chi connectivity index (χ3v) is 2.75. The Labute approximate surface area is 94.9 Å². The number of aromatic nitrogens is 1. The Kier molecular flexibility index (Phi) is 2.68. The largest absolute Gasteiger partial charge is 0.477 e. The number of hydrogen-bond acceptors (Lipinski definition) is 3. The van der Waals surface area contributed by atoms with Crippen molar-refractivity contribution in [2.45, 2.75) is 20.4 Å². The number of rotatable bonds is 3. The van der Waals surface area contributed by atoms with Gasteiger partial charge in [-0.1, -0.05) is 19.9 Å². The van der Waals surface area contributed by atoms with Crippen molar-refractivity contribution in [3.63, 3.8) is 0 Å². The van der Waals surface area contributed by atoms with E-state index in [1.54, 1.807) is 12.3 Å². The van der Waals surface area contributed by atoms with Crippen LogP contribution in [0.5, 0.6) is 0 Å². The van der Waals surface area contributed by atoms with Gasteiger partial charge in [0.25, 0.3) is 0 Å². The molecule has 1 aliphatic heterocycles. The van der Waals surface area contributed by atoms with E-state index in [0.29, 0.717) is 5.41 Å². The lowest BCUT2D eigenvalue weighted by atomic mass is 9.84. The molecule has 4 heteroatoms. The smallest absolute Gasteiger partial charge is 0.354 e. The Morgan fingerprint density at radius 1 is 1.50 bits per heavy atom. The molecule has 2 heterocycles. The molecule has 0 saturated carbocycles. The highest BCUT2D eigenvalue weighted by atomic mass is 16.4. The van der Waals surface area contributed by atoms with Gasteiger partial charge in [-0.3, -0.25) is 4.90 Å². The van der Waals surface area contributed by atoms with Crippen LogP contribution in [-0.4, -0.2) is 34.0 Å². The Morgan fingerprint density at radius 2 is 2.19 bits per heavy atom. The minimum Gasteiger partial charge on any atom is -0.477 e. The maximum Gasteiger partial charge on any atom is 0.354 e. The van der Waals surface area contributed by atoms with Gasteiger partial charge in [0.15, 0.2) is 0 Å². The van der Waals surface area contributed by atoms with Gasteiger partial charge in [-0.05, 0) is 17.0 Å². The first kappa shape index (κ1) is 11.1. The third-order valence-electron chi connectivity index (χ3n) is 2.75. The number of likely N-dealkylation sites (tertiary alicyclic amines) is 1. The summed E-state index contributed by atoms with van der Waals surface area (Å²) in [5.74, 6) is -0.975. The molecular formula is C12H16N2O2. The lowest BCUT2D eigenvalue weighted by molar-refractivity contribution is 0.0242. The van der Waals surface area contributed by atoms with Crippen molar-refractivity contribution >= 4 is 5.97 Å². The number of aromatic carboxylic acids is 1. The highest BCUT2D eigenvalue weighted by molar-refractivity contribution is 5.85. The topological polar surface area (TPSA) is 53.4 Å². The molecule has 0 aliphatic carbocycles. The highest BCUT2D eigenvalue weighted by Gasteiger charge is 2.33. The zero-order chi connectivity index (χ0) is 11.8. The van der Waals surface area contributed by atoms with Gasteiger partial charge in [0.05, 0.1) is 0 Å². The standard InChI is InChI=1S/C12H16N2O2/c1-12(2)7-14(8-12)6-9-3-4-10(11(15)16)13-5-9/h3-5H,6-8H2,1-2H3,(H,15,16). The second-order valence-electron chi connectivity index (χ2n) is 5.17. The second-order valence-corrected chi connectivity index (χ2v) is 5.17. The van der Waals surface area contributed by atoms with Gasteiger partial charge in [-0.2, -0.15) is 0 Å². The van der Waals surface area contributed by atoms with Gasteiger partial charge in [0.1, 0.15) is 5.69 Å². The summed E-state index contributed by atoms with van der Waals surface area (Å²) < 4.78 is 0. The minimum atomic E-state index is -0.975. The Balaban J connectivity index is 1.94. The summed E-state index contributed by atoms with van der Waals surface area (Å²) in [6, 6.07) is 3.39. The van der Waals surface area contributed by atoms with Crippen molar-refractivity contribution in [1.29, 1.82) is 0 Å². The molecule has 0 unspecified atom stereocenters. The molecule has 16 heavy (non-hydrogen) atoms. The monoisotopic (exact) mass is 220 g/mol. The number of pyridine rings is 1. The van der Waals surface area contributed by atoms with E-state index in [0.717, 1.165) is 25.2 Å². The predicted molar refractivity (Wildman–Crippen MR) is 60.3 cm³/mol. The van der Waals surface area contributed by atoms with Crippen LogP contribution in [0.3, 0.4) is 0 Å². The molecule has 1 aromatic rings. The van der Waals surface area contributed by atoms with E-state index in [9.17, 15) is 4.79 Å². The normalized spacial score (nSPS) is 19.1. The highest BCUT2D eigenvalue weighted by Crippen LogP contribution is 2.29. The first-order valence-electron chi connectivity index (χ1n) is 5.37. The molecule has 1 fully saturated rings. The van der Waals surface area contributed by atoms with Crippen LogP contribution in [0.1, 0.15) is 29.9 Å². The molecule has 0 bridgehead atoms. The van der Waals surface area contributed by atoms with Gasteiger partial charge < -0.3 is 5.11 Å². The molecule has 1 aromatic heterocycles. The lowest BCUT2D eigenvalue weighted by Gasteiger charge is -2.45. The molecule has 1 aliphatic rings. The fourth-order valence-electron chi connectivity index (χ4n) is 2.18. The van der Waals surface area contributed by atoms with Gasteiger partial charge >= 0.3 is 5.97 Å². The summed E-state index contributed by atoms with van der Waals surface area (Å²) >= 11 is 0. The molecule has 0 atom stereocenters. The Morgan fingerprint density at radius 3 is 2.62 bits per heavy atom. The zero-order valence-electron chi connectivity index (χ0n) is 9.60. The fourth-order valence-corrected chi connectivity index (χ4v) is 2.18. The Hall–Kier alpha value is -1.42. The number of carbonyl (C=O) groups is 1. The molecule has 0 aromatic carbocycles. The summed E-state index contributed by atoms with van der Waals surface area (Å²) in [7, 11) is 0. The molecule has 0 spiro atoms. The summed E-state index contributed by atoms with van der Waals surface area (Å²) in [4.78, 5) is 16.8. The Bertz CT molecular complexity index is 390. The summed E-state index contributed by atoms with van der Waals surface area (Å²) in [5.41, 5.74) is 1.60. The van der Waals surface area contributed by atoms with Crippen LogP contribution in [0, 0.1) is 5.41 Å². The maximum absolute atomic E-state index is 10.6. The maximum atomic E-state index is 10.6. The number of carboxylic acid groups (broad SMARTS) is 1. The second kappa shape index (κ2) is 3.87. The van der Waals surface area contributed by atoms with Crippen LogP contribution in [0.4, 0.5) is 0 Å². The van der Waals surface area contributed by atoms with Crippen LogP contribution < -0.4 is 0 Å². The van der Waals surface area contributed by atoms with Crippen molar-refractivity contribution in [2.24, 2.45) is 5.41 Å². The van der Waals surface area contributed by atoms with Gasteiger partial charge in [-0.15, -0.1) is 0 Å². The lowest BCUT2D eigenvalue weighted by Crippen LogP contribution is -2.52. The molecular weight excluding hydrogens is 204 g/mol. The molecule has 1 saturated heterocycles. The number of carboxylic acids is 1. The molecule has 1 N–H and O–H groups in total. The van der Waals surface area contributed by atoms with Crippen molar-refractivity contribution < 1.29 is 9.90 Å². The molecule has 86 valence electrons. The van der Waals surface area contributed by atoms with Crippen LogP contribution in [0.15, 0.2) is 18.3 Å². The third kappa shape index (κ3) is 2.39. The van der Waals surface area contributed by atoms with E-state index in [4.69, 9.17) is 5.11 Å². The quantitative estimate of drug-likeness (QED) is 0.841. The van der Waals surface area contributed by atoms with Crippen LogP contribution in [-0.2, 0) is 6.54 Å². The predicted octanol–water partition coefficient (Wildman–Crippen LogP) is 1.62. The van der Waals surface area contributed by atoms with E-state index >= 15 is 0 Å². The van der Waals surface area contributed by atoms with Crippen molar-refractivity contribution in [1.82, 2.24) is 9.88 Å². The van der Waals surface area contributed by atoms with E-state index in [1.807, 2.05) is 6.07 Å². The van der Waals surface area contributed by atoms with Gasteiger partial charge in [0.2, 0.25) is 0 Å². The summed E-state index contributed by atoms with van der Waals surface area (Å²) in [5, 5.41) is 8.71. The average Bonchev–Trinajstić information content (AvgIpc) is 2.15. The van der Waals surface area contributed by atoms with E-state index in [2.05, 4.69) is 23.7 Å².